The molecule has 0 unspecified atom stereocenters. The van der Waals surface area contributed by atoms with E-state index < -0.39 is 0 Å². The summed E-state index contributed by atoms with van der Waals surface area (Å²) >= 11 is 6.19. The van der Waals surface area contributed by atoms with Crippen LogP contribution < -0.4 is 16.1 Å². The Bertz CT molecular complexity index is 856. The lowest BCUT2D eigenvalue weighted by atomic mass is 10.2. The van der Waals surface area contributed by atoms with Crippen LogP contribution in [0.2, 0.25) is 5.02 Å². The summed E-state index contributed by atoms with van der Waals surface area (Å²) in [5.41, 5.74) is 5.41. The quantitative estimate of drug-likeness (QED) is 0.502. The van der Waals surface area contributed by atoms with Crippen LogP contribution in [-0.4, -0.2) is 15.2 Å². The van der Waals surface area contributed by atoms with E-state index in [0.29, 0.717) is 22.5 Å². The van der Waals surface area contributed by atoms with Gasteiger partial charge < -0.3 is 10.6 Å². The number of nitrogens with one attached hydrogen (secondary N) is 3. The molecule has 0 spiro atoms. The second-order valence-corrected chi connectivity index (χ2v) is 5.55. The Balaban J connectivity index is 1.84. The van der Waals surface area contributed by atoms with Crippen LogP contribution in [-0.2, 0) is 0 Å². The van der Waals surface area contributed by atoms with Gasteiger partial charge >= 0.3 is 0 Å². The molecule has 0 fully saturated rings. The second kappa shape index (κ2) is 7.16. The van der Waals surface area contributed by atoms with Gasteiger partial charge in [-0.2, -0.15) is 4.98 Å². The van der Waals surface area contributed by atoms with Gasteiger partial charge in [-0.1, -0.05) is 35.9 Å². The van der Waals surface area contributed by atoms with Crippen LogP contribution in [0.4, 0.5) is 28.8 Å². The third-order valence-corrected chi connectivity index (χ3v) is 3.67. The summed E-state index contributed by atoms with van der Waals surface area (Å²) in [6.07, 6.45) is 1.53. The Morgan fingerprint density at radius 3 is 2.58 bits per heavy atom. The molecule has 0 aliphatic carbocycles. The molecule has 24 heavy (non-hydrogen) atoms. The number of para-hydroxylation sites is 1. The van der Waals surface area contributed by atoms with E-state index in [0.717, 1.165) is 16.9 Å². The van der Waals surface area contributed by atoms with E-state index in [4.69, 9.17) is 16.8 Å². The maximum atomic E-state index is 8.96. The number of rotatable bonds is 5. The van der Waals surface area contributed by atoms with Gasteiger partial charge in [0.25, 0.3) is 0 Å². The van der Waals surface area contributed by atoms with Crippen LogP contribution in [0.1, 0.15) is 5.56 Å². The average Bonchev–Trinajstić information content (AvgIpc) is 2.60. The topological polar surface area (TPSA) is 82.1 Å². The molecule has 7 heteroatoms. The molecular formula is C17H16ClN5O. The molecule has 0 atom stereocenters. The standard InChI is InChI=1S/C17H16ClN5O/c1-11-5-2-3-8-15(11)21-16-14(18)10-19-17(22-16)20-12-6-4-7-13(9-12)23-24/h2-10,23-24H,1H3,(H2,19,20,21,22). The maximum absolute atomic E-state index is 8.96. The lowest BCUT2D eigenvalue weighted by Crippen LogP contribution is -2.02. The number of aryl methyl sites for hydroxylation is 1. The summed E-state index contributed by atoms with van der Waals surface area (Å²) in [6.45, 7) is 2.00. The summed E-state index contributed by atoms with van der Waals surface area (Å²) < 4.78 is 0. The van der Waals surface area contributed by atoms with Crippen LogP contribution >= 0.6 is 11.6 Å². The van der Waals surface area contributed by atoms with E-state index >= 15 is 0 Å². The number of nitrogens with zero attached hydrogens (tertiary/aromatic N) is 2. The Hall–Kier alpha value is -2.83. The minimum Gasteiger partial charge on any atom is -0.339 e. The fourth-order valence-corrected chi connectivity index (χ4v) is 2.29. The molecule has 0 saturated carbocycles. The van der Waals surface area contributed by atoms with E-state index in [2.05, 4.69) is 26.1 Å². The minimum atomic E-state index is 0.394. The zero-order valence-corrected chi connectivity index (χ0v) is 13.7. The van der Waals surface area contributed by atoms with Gasteiger partial charge in [-0.3, -0.25) is 10.7 Å². The zero-order chi connectivity index (χ0) is 16.9. The third kappa shape index (κ3) is 3.73. The fourth-order valence-electron chi connectivity index (χ4n) is 2.15. The smallest absolute Gasteiger partial charge is 0.229 e. The van der Waals surface area contributed by atoms with E-state index in [1.54, 1.807) is 18.2 Å². The summed E-state index contributed by atoms with van der Waals surface area (Å²) in [4.78, 5) is 8.59. The van der Waals surface area contributed by atoms with Gasteiger partial charge in [0.15, 0.2) is 5.82 Å². The van der Waals surface area contributed by atoms with Gasteiger partial charge in [-0.05, 0) is 36.8 Å². The molecule has 0 saturated heterocycles. The van der Waals surface area contributed by atoms with Gasteiger partial charge in [0.1, 0.15) is 5.02 Å². The largest absolute Gasteiger partial charge is 0.339 e. The second-order valence-electron chi connectivity index (χ2n) is 5.15. The molecule has 0 aliphatic rings. The van der Waals surface area contributed by atoms with Crippen molar-refractivity contribution in [1.29, 1.82) is 0 Å². The average molecular weight is 342 g/mol. The molecule has 0 aliphatic heterocycles. The van der Waals surface area contributed by atoms with Crippen LogP contribution in [0.3, 0.4) is 0 Å². The summed E-state index contributed by atoms with van der Waals surface area (Å²) in [5.74, 6) is 0.908. The van der Waals surface area contributed by atoms with Gasteiger partial charge in [0.2, 0.25) is 5.95 Å². The molecule has 3 aromatic rings. The molecule has 4 N–H and O–H groups in total. The Kier molecular flexibility index (Phi) is 4.79. The molecule has 2 aromatic carbocycles. The number of anilines is 5. The molecular weight excluding hydrogens is 326 g/mol. The highest BCUT2D eigenvalue weighted by molar-refractivity contribution is 6.32. The number of hydrogen-bond acceptors (Lipinski definition) is 6. The molecule has 0 amide bonds. The summed E-state index contributed by atoms with van der Waals surface area (Å²) in [7, 11) is 0. The van der Waals surface area contributed by atoms with Crippen LogP contribution in [0.15, 0.2) is 54.7 Å². The molecule has 122 valence electrons. The van der Waals surface area contributed by atoms with Crippen molar-refractivity contribution in [3.63, 3.8) is 0 Å². The molecule has 0 radical (unpaired) electrons. The van der Waals surface area contributed by atoms with Crippen molar-refractivity contribution in [3.8, 4) is 0 Å². The van der Waals surface area contributed by atoms with Gasteiger partial charge in [0, 0.05) is 11.4 Å². The molecule has 1 heterocycles. The van der Waals surface area contributed by atoms with Crippen molar-refractivity contribution in [1.82, 2.24) is 9.97 Å². The Morgan fingerprint density at radius 1 is 1.00 bits per heavy atom. The lowest BCUT2D eigenvalue weighted by molar-refractivity contribution is 0.389. The van der Waals surface area contributed by atoms with Crippen LogP contribution in [0, 0.1) is 6.92 Å². The first-order valence-electron chi connectivity index (χ1n) is 7.28. The molecule has 6 nitrogen and oxygen atoms in total. The van der Waals surface area contributed by atoms with Crippen LogP contribution in [0.25, 0.3) is 0 Å². The number of benzene rings is 2. The van der Waals surface area contributed by atoms with Crippen molar-refractivity contribution >= 4 is 40.4 Å². The third-order valence-electron chi connectivity index (χ3n) is 3.39. The van der Waals surface area contributed by atoms with E-state index in [9.17, 15) is 0 Å². The zero-order valence-electron chi connectivity index (χ0n) is 12.9. The summed E-state index contributed by atoms with van der Waals surface area (Å²) in [5, 5.41) is 15.7. The van der Waals surface area contributed by atoms with Gasteiger partial charge in [-0.25, -0.2) is 4.98 Å². The predicted molar refractivity (Wildman–Crippen MR) is 96.6 cm³/mol. The van der Waals surface area contributed by atoms with E-state index in [1.165, 1.54) is 6.20 Å². The summed E-state index contributed by atoms with van der Waals surface area (Å²) in [6, 6.07) is 15.0. The van der Waals surface area contributed by atoms with Crippen molar-refractivity contribution in [2.45, 2.75) is 6.92 Å². The number of halogens is 1. The van der Waals surface area contributed by atoms with Gasteiger partial charge in [-0.15, -0.1) is 0 Å². The first kappa shape index (κ1) is 16.0. The Morgan fingerprint density at radius 2 is 1.79 bits per heavy atom. The SMILES string of the molecule is Cc1ccccc1Nc1nc(Nc2cccc(NO)c2)ncc1Cl. The lowest BCUT2D eigenvalue weighted by Gasteiger charge is -2.12. The highest BCUT2D eigenvalue weighted by Crippen LogP contribution is 2.26. The molecule has 3 rings (SSSR count). The minimum absolute atomic E-state index is 0.394. The number of aromatic nitrogens is 2. The predicted octanol–water partition coefficient (Wildman–Crippen LogP) is 4.73. The number of hydrogen-bond donors (Lipinski definition) is 4. The highest BCUT2D eigenvalue weighted by Gasteiger charge is 2.08. The first-order valence-corrected chi connectivity index (χ1v) is 7.66. The van der Waals surface area contributed by atoms with E-state index in [-0.39, 0.29) is 0 Å². The molecule has 1 aromatic heterocycles. The van der Waals surface area contributed by atoms with Crippen molar-refractivity contribution < 1.29 is 5.21 Å². The van der Waals surface area contributed by atoms with E-state index in [1.807, 2.05) is 37.3 Å². The van der Waals surface area contributed by atoms with Gasteiger partial charge in [0.05, 0.1) is 11.9 Å². The normalized spacial score (nSPS) is 10.3. The Labute approximate surface area is 144 Å². The molecule has 0 bridgehead atoms. The van der Waals surface area contributed by atoms with Crippen molar-refractivity contribution in [2.24, 2.45) is 0 Å². The van der Waals surface area contributed by atoms with Crippen molar-refractivity contribution in [2.75, 3.05) is 16.1 Å². The van der Waals surface area contributed by atoms with Crippen LogP contribution in [0.5, 0.6) is 0 Å². The maximum Gasteiger partial charge on any atom is 0.229 e. The first-order chi connectivity index (χ1) is 11.7. The fraction of sp³-hybridized carbons (Fsp3) is 0.0588. The van der Waals surface area contributed by atoms with Crippen molar-refractivity contribution in [3.05, 3.63) is 65.3 Å². The highest BCUT2D eigenvalue weighted by atomic mass is 35.5. The monoisotopic (exact) mass is 341 g/mol.